The van der Waals surface area contributed by atoms with E-state index in [0.717, 1.165) is 12.8 Å². The lowest BCUT2D eigenvalue weighted by molar-refractivity contribution is -0.385. The molecule has 1 N–H and O–H groups in total. The minimum absolute atomic E-state index is 0.0180. The third-order valence-electron chi connectivity index (χ3n) is 3.17. The van der Waals surface area contributed by atoms with Crippen molar-refractivity contribution in [3.05, 3.63) is 39.4 Å². The number of nitro groups is 1. The van der Waals surface area contributed by atoms with Crippen LogP contribution >= 0.6 is 0 Å². The first kappa shape index (κ1) is 13.0. The number of carbonyl (C=O) groups is 1. The Labute approximate surface area is 110 Å². The zero-order valence-corrected chi connectivity index (χ0v) is 10.4. The van der Waals surface area contributed by atoms with Gasteiger partial charge in [-0.05, 0) is 37.8 Å². The van der Waals surface area contributed by atoms with Crippen LogP contribution in [0.5, 0.6) is 0 Å². The van der Waals surface area contributed by atoms with Gasteiger partial charge in [0.1, 0.15) is 6.04 Å². The molecule has 1 aliphatic carbocycles. The largest absolute Gasteiger partial charge is 0.336 e. The van der Waals surface area contributed by atoms with Crippen LogP contribution in [0.3, 0.4) is 0 Å². The van der Waals surface area contributed by atoms with E-state index in [1.54, 1.807) is 6.92 Å². The number of amides is 1. The summed E-state index contributed by atoms with van der Waals surface area (Å²) in [5.74, 6) is -0.121. The zero-order valence-electron chi connectivity index (χ0n) is 10.4. The van der Waals surface area contributed by atoms with Gasteiger partial charge < -0.3 is 5.32 Å². The summed E-state index contributed by atoms with van der Waals surface area (Å²) in [4.78, 5) is 22.1. The number of nitrogens with one attached hydrogen (secondary N) is 1. The van der Waals surface area contributed by atoms with E-state index in [-0.39, 0.29) is 17.5 Å². The lowest BCUT2D eigenvalue weighted by atomic mass is 10.1. The van der Waals surface area contributed by atoms with Gasteiger partial charge >= 0.3 is 0 Å². The lowest BCUT2D eigenvalue weighted by Gasteiger charge is -2.10. The second-order valence-corrected chi connectivity index (χ2v) is 4.68. The summed E-state index contributed by atoms with van der Waals surface area (Å²) in [5.41, 5.74) is 0.747. The van der Waals surface area contributed by atoms with Crippen molar-refractivity contribution in [2.75, 3.05) is 0 Å². The molecule has 1 atom stereocenters. The van der Waals surface area contributed by atoms with Crippen molar-refractivity contribution in [3.63, 3.8) is 0 Å². The number of nitro benzene ring substituents is 1. The Balaban J connectivity index is 2.13. The number of hydrogen-bond acceptors (Lipinski definition) is 4. The minimum atomic E-state index is -0.487. The molecule has 1 unspecified atom stereocenters. The molecule has 1 amide bonds. The Kier molecular flexibility index (Phi) is 3.47. The Bertz CT molecular complexity index is 573. The molecule has 98 valence electrons. The summed E-state index contributed by atoms with van der Waals surface area (Å²) in [6, 6.07) is 5.78. The van der Waals surface area contributed by atoms with Gasteiger partial charge in [0.25, 0.3) is 11.6 Å². The molecule has 2 rings (SSSR count). The van der Waals surface area contributed by atoms with E-state index in [9.17, 15) is 14.9 Å². The summed E-state index contributed by atoms with van der Waals surface area (Å²) in [7, 11) is 0. The molecular weight excluding hydrogens is 246 g/mol. The molecule has 0 heterocycles. The summed E-state index contributed by atoms with van der Waals surface area (Å²) >= 11 is 0. The molecule has 1 aromatic carbocycles. The predicted octanol–water partition coefficient (Wildman–Crippen LogP) is 1.94. The van der Waals surface area contributed by atoms with Crippen LogP contribution in [0, 0.1) is 34.3 Å². The van der Waals surface area contributed by atoms with E-state index in [1.165, 1.54) is 18.2 Å². The first-order valence-electron chi connectivity index (χ1n) is 5.98. The average molecular weight is 259 g/mol. The van der Waals surface area contributed by atoms with Crippen LogP contribution in [-0.4, -0.2) is 16.9 Å². The van der Waals surface area contributed by atoms with Crippen LogP contribution in [-0.2, 0) is 0 Å². The topological polar surface area (TPSA) is 96.0 Å². The van der Waals surface area contributed by atoms with Crippen molar-refractivity contribution in [3.8, 4) is 6.07 Å². The molecule has 6 nitrogen and oxygen atoms in total. The molecule has 19 heavy (non-hydrogen) atoms. The summed E-state index contributed by atoms with van der Waals surface area (Å²) in [6.07, 6.45) is 1.91. The van der Waals surface area contributed by atoms with Gasteiger partial charge in [0.2, 0.25) is 0 Å². The van der Waals surface area contributed by atoms with Crippen molar-refractivity contribution >= 4 is 11.6 Å². The van der Waals surface area contributed by atoms with Gasteiger partial charge in [0, 0.05) is 17.2 Å². The molecule has 0 radical (unpaired) electrons. The molecule has 0 saturated heterocycles. The van der Waals surface area contributed by atoms with Crippen molar-refractivity contribution in [1.29, 1.82) is 5.26 Å². The first-order valence-corrected chi connectivity index (χ1v) is 5.98. The number of hydrogen-bond donors (Lipinski definition) is 1. The summed E-state index contributed by atoms with van der Waals surface area (Å²) < 4.78 is 0. The van der Waals surface area contributed by atoms with Crippen molar-refractivity contribution in [1.82, 2.24) is 5.32 Å². The van der Waals surface area contributed by atoms with Crippen LogP contribution in [0.15, 0.2) is 18.2 Å². The maximum atomic E-state index is 11.9. The van der Waals surface area contributed by atoms with E-state index in [1.807, 2.05) is 0 Å². The molecule has 1 aromatic rings. The second-order valence-electron chi connectivity index (χ2n) is 4.68. The fraction of sp³-hybridized carbons (Fsp3) is 0.385. The van der Waals surface area contributed by atoms with Crippen molar-refractivity contribution in [2.45, 2.75) is 25.8 Å². The monoisotopic (exact) mass is 259 g/mol. The molecule has 6 heteroatoms. The van der Waals surface area contributed by atoms with Gasteiger partial charge in [-0.25, -0.2) is 0 Å². The highest BCUT2D eigenvalue weighted by Crippen LogP contribution is 2.32. The van der Waals surface area contributed by atoms with Gasteiger partial charge in [-0.15, -0.1) is 0 Å². The summed E-state index contributed by atoms with van der Waals surface area (Å²) in [5, 5.41) is 22.3. The van der Waals surface area contributed by atoms with Crippen LogP contribution in [0.2, 0.25) is 0 Å². The van der Waals surface area contributed by atoms with Gasteiger partial charge in [0.15, 0.2) is 0 Å². The zero-order chi connectivity index (χ0) is 14.0. The third kappa shape index (κ3) is 2.88. The molecular formula is C13H13N3O3. The van der Waals surface area contributed by atoms with E-state index >= 15 is 0 Å². The molecule has 1 fully saturated rings. The maximum Gasteiger partial charge on any atom is 0.272 e. The Morgan fingerprint density at radius 2 is 2.26 bits per heavy atom. The van der Waals surface area contributed by atoms with Crippen LogP contribution in [0.4, 0.5) is 5.69 Å². The number of nitrogens with zero attached hydrogens (tertiary/aromatic N) is 2. The van der Waals surface area contributed by atoms with Gasteiger partial charge in [-0.2, -0.15) is 5.26 Å². The van der Waals surface area contributed by atoms with E-state index in [2.05, 4.69) is 11.4 Å². The molecule has 0 spiro atoms. The number of nitriles is 1. The number of rotatable bonds is 4. The molecule has 0 aliphatic heterocycles. The van der Waals surface area contributed by atoms with Crippen LogP contribution < -0.4 is 5.32 Å². The lowest BCUT2D eigenvalue weighted by Crippen LogP contribution is -2.35. The maximum absolute atomic E-state index is 11.9. The fourth-order valence-corrected chi connectivity index (χ4v) is 1.91. The minimum Gasteiger partial charge on any atom is -0.336 e. The van der Waals surface area contributed by atoms with E-state index < -0.39 is 11.0 Å². The first-order chi connectivity index (χ1) is 9.02. The van der Waals surface area contributed by atoms with Gasteiger partial charge in [-0.3, -0.25) is 14.9 Å². The average Bonchev–Trinajstić information content (AvgIpc) is 3.19. The normalized spacial score (nSPS) is 15.4. The molecule has 0 aromatic heterocycles. The Morgan fingerprint density at radius 3 is 2.74 bits per heavy atom. The van der Waals surface area contributed by atoms with E-state index in [0.29, 0.717) is 11.1 Å². The van der Waals surface area contributed by atoms with Crippen LogP contribution in [0.25, 0.3) is 0 Å². The summed E-state index contributed by atoms with van der Waals surface area (Å²) in [6.45, 7) is 1.58. The van der Waals surface area contributed by atoms with Gasteiger partial charge in [-0.1, -0.05) is 0 Å². The standard InChI is InChI=1S/C13H13N3O3/c1-8-6-10(4-5-12(8)16(18)19)13(17)15-11(7-14)9-2-3-9/h4-6,9,11H,2-3H2,1H3,(H,15,17). The smallest absolute Gasteiger partial charge is 0.272 e. The van der Waals surface area contributed by atoms with Crippen molar-refractivity contribution < 1.29 is 9.72 Å². The van der Waals surface area contributed by atoms with Crippen molar-refractivity contribution in [2.24, 2.45) is 5.92 Å². The quantitative estimate of drug-likeness (QED) is 0.660. The second kappa shape index (κ2) is 5.06. The SMILES string of the molecule is Cc1cc(C(=O)NC(C#N)C2CC2)ccc1[N+](=O)[O-]. The van der Waals surface area contributed by atoms with Crippen LogP contribution in [0.1, 0.15) is 28.8 Å². The molecule has 1 saturated carbocycles. The van der Waals surface area contributed by atoms with E-state index in [4.69, 9.17) is 5.26 Å². The highest BCUT2D eigenvalue weighted by Gasteiger charge is 2.32. The Morgan fingerprint density at radius 1 is 1.58 bits per heavy atom. The third-order valence-corrected chi connectivity index (χ3v) is 3.17. The Hall–Kier alpha value is -2.42. The van der Waals surface area contributed by atoms with Gasteiger partial charge in [0.05, 0.1) is 11.0 Å². The molecule has 1 aliphatic rings. The number of carbonyl (C=O) groups excluding carboxylic acids is 1. The fourth-order valence-electron chi connectivity index (χ4n) is 1.91. The number of aryl methyl sites for hydroxylation is 1. The predicted molar refractivity (Wildman–Crippen MR) is 67.4 cm³/mol. The highest BCUT2D eigenvalue weighted by atomic mass is 16.6. The molecule has 0 bridgehead atoms. The highest BCUT2D eigenvalue weighted by molar-refractivity contribution is 5.95. The number of benzene rings is 1.